The van der Waals surface area contributed by atoms with Crippen LogP contribution in [0.3, 0.4) is 0 Å². The molecule has 0 aromatic heterocycles. The van der Waals surface area contributed by atoms with Gasteiger partial charge in [-0.05, 0) is 21.5 Å². The second kappa shape index (κ2) is 6.11. The third kappa shape index (κ3) is 2.13. The minimum atomic E-state index is 0.511. The maximum atomic E-state index is 5.65. The van der Waals surface area contributed by atoms with Crippen LogP contribution in [0.15, 0.2) is 48.5 Å². The van der Waals surface area contributed by atoms with Crippen molar-refractivity contribution in [1.29, 1.82) is 0 Å². The van der Waals surface area contributed by atoms with E-state index in [2.05, 4.69) is 23.7 Å². The van der Waals surface area contributed by atoms with Crippen molar-refractivity contribution in [1.82, 2.24) is 0 Å². The lowest BCUT2D eigenvalue weighted by Gasteiger charge is -2.08. The molecule has 0 radical (unpaired) electrons. The Hall–Kier alpha value is -3.84. The largest absolute Gasteiger partial charge is 0.114 e. The van der Waals surface area contributed by atoms with Crippen LogP contribution >= 0.6 is 0 Å². The van der Waals surface area contributed by atoms with Crippen LogP contribution in [0.1, 0.15) is 0 Å². The van der Waals surface area contributed by atoms with Gasteiger partial charge >= 0.3 is 0 Å². The Morgan fingerprint density at radius 3 is 0.958 bits per heavy atom. The molecule has 0 amide bonds. The van der Waals surface area contributed by atoms with Gasteiger partial charge in [0.25, 0.3) is 0 Å². The maximum Gasteiger partial charge on any atom is 0.0823 e. The molecule has 0 bridgehead atoms. The quantitative estimate of drug-likeness (QED) is 0.442. The highest BCUT2D eigenvalue weighted by atomic mass is 14.1. The van der Waals surface area contributed by atoms with Crippen molar-refractivity contribution in [2.45, 2.75) is 0 Å². The molecule has 0 aliphatic heterocycles. The first-order valence-electron chi connectivity index (χ1n) is 7.31. The highest BCUT2D eigenvalue weighted by Gasteiger charge is 2.09. The molecule has 0 saturated carbocycles. The van der Waals surface area contributed by atoms with E-state index in [0.29, 0.717) is 11.1 Å². The number of benzene rings is 3. The van der Waals surface area contributed by atoms with Crippen LogP contribution in [0.4, 0.5) is 0 Å². The van der Waals surface area contributed by atoms with Gasteiger partial charge in [0.15, 0.2) is 0 Å². The molecule has 108 valence electrons. The van der Waals surface area contributed by atoms with Crippen LogP contribution in [0.5, 0.6) is 0 Å². The summed E-state index contributed by atoms with van der Waals surface area (Å²) < 4.78 is 0. The van der Waals surface area contributed by atoms with E-state index < -0.39 is 0 Å². The first-order chi connectivity index (χ1) is 11.8. The molecule has 0 heteroatoms. The van der Waals surface area contributed by atoms with Crippen LogP contribution in [-0.2, 0) is 0 Å². The third-order valence-corrected chi connectivity index (χ3v) is 4.01. The molecule has 0 atom stereocenters. The van der Waals surface area contributed by atoms with Gasteiger partial charge in [0.05, 0.1) is 11.1 Å². The molecular formula is C24H12. The number of hydrogen-bond acceptors (Lipinski definition) is 0. The molecule has 0 spiro atoms. The fourth-order valence-electron chi connectivity index (χ4n) is 3.04. The van der Waals surface area contributed by atoms with Gasteiger partial charge in [0.1, 0.15) is 0 Å². The standard InChI is InChI=1S/C24H12/c1-5-17(6-2)23-19-13-9-11-15-21(19)24(18(7-3)8-4)22-16-12-10-14-20(22)23/h1-4,9-16H. The second-order valence-electron chi connectivity index (χ2n) is 5.17. The lowest BCUT2D eigenvalue weighted by atomic mass is 9.93. The summed E-state index contributed by atoms with van der Waals surface area (Å²) in [6.07, 6.45) is 22.6. The number of rotatable bonds is 0. The first-order valence-corrected chi connectivity index (χ1v) is 7.31. The minimum Gasteiger partial charge on any atom is -0.114 e. The van der Waals surface area contributed by atoms with Gasteiger partial charge in [-0.15, -0.1) is 25.7 Å². The van der Waals surface area contributed by atoms with Crippen molar-refractivity contribution < 1.29 is 0 Å². The van der Waals surface area contributed by atoms with Gasteiger partial charge in [-0.25, -0.2) is 0 Å². The molecule has 0 aliphatic rings. The van der Waals surface area contributed by atoms with Crippen LogP contribution < -0.4 is 10.4 Å². The number of hydrogen-bond donors (Lipinski definition) is 0. The summed E-state index contributed by atoms with van der Waals surface area (Å²) in [4.78, 5) is 0. The van der Waals surface area contributed by atoms with Crippen molar-refractivity contribution >= 4 is 32.7 Å². The molecule has 3 aromatic carbocycles. The molecule has 24 heavy (non-hydrogen) atoms. The molecule has 3 aromatic rings. The Morgan fingerprint density at radius 2 is 0.750 bits per heavy atom. The summed E-state index contributed by atoms with van der Waals surface area (Å²) in [7, 11) is 0. The summed E-state index contributed by atoms with van der Waals surface area (Å²) in [5.74, 6) is 10.5. The Labute approximate surface area is 141 Å². The second-order valence-corrected chi connectivity index (χ2v) is 5.17. The lowest BCUT2D eigenvalue weighted by Crippen LogP contribution is -2.18. The summed E-state index contributed by atoms with van der Waals surface area (Å²) in [6, 6.07) is 15.7. The molecule has 0 saturated heterocycles. The van der Waals surface area contributed by atoms with Crippen LogP contribution in [-0.4, -0.2) is 0 Å². The van der Waals surface area contributed by atoms with E-state index in [0.717, 1.165) is 32.0 Å². The smallest absolute Gasteiger partial charge is 0.0823 e. The normalized spacial score (nSPS) is 9.50. The van der Waals surface area contributed by atoms with Crippen LogP contribution in [0.2, 0.25) is 0 Å². The van der Waals surface area contributed by atoms with E-state index in [1.807, 2.05) is 48.5 Å². The first kappa shape index (κ1) is 15.1. The van der Waals surface area contributed by atoms with Gasteiger partial charge in [-0.3, -0.25) is 0 Å². The average Bonchev–Trinajstić information content (AvgIpc) is 2.64. The zero-order valence-electron chi connectivity index (χ0n) is 12.9. The van der Waals surface area contributed by atoms with Crippen LogP contribution in [0, 0.1) is 49.4 Å². The van der Waals surface area contributed by atoms with E-state index >= 15 is 0 Å². The summed E-state index contributed by atoms with van der Waals surface area (Å²) in [6.45, 7) is 0. The summed E-state index contributed by atoms with van der Waals surface area (Å²) in [5, 5.41) is 5.51. The Morgan fingerprint density at radius 1 is 0.500 bits per heavy atom. The molecule has 3 rings (SSSR count). The zero-order valence-corrected chi connectivity index (χ0v) is 12.9. The topological polar surface area (TPSA) is 0 Å². The van der Waals surface area contributed by atoms with E-state index in [-0.39, 0.29) is 0 Å². The zero-order chi connectivity index (χ0) is 17.1. The molecule has 0 nitrogen and oxygen atoms in total. The monoisotopic (exact) mass is 300 g/mol. The SMILES string of the molecule is C#CC(C#C)=c1c2ccccc2c(=C(C#C)C#C)c2ccccc12. The predicted octanol–water partition coefficient (Wildman–Crippen LogP) is 2.83. The molecule has 0 unspecified atom stereocenters. The fourth-order valence-corrected chi connectivity index (χ4v) is 3.04. The van der Waals surface area contributed by atoms with Gasteiger partial charge in [0, 0.05) is 10.4 Å². The highest BCUT2D eigenvalue weighted by molar-refractivity contribution is 6.06. The number of fused-ring (bicyclic) bond motifs is 2. The summed E-state index contributed by atoms with van der Waals surface area (Å²) in [5.41, 5.74) is 1.02. The fraction of sp³-hybridized carbons (Fsp3) is 0. The molecule has 0 N–H and O–H groups in total. The number of terminal acetylenes is 4. The van der Waals surface area contributed by atoms with E-state index in [1.54, 1.807) is 0 Å². The molecule has 0 aliphatic carbocycles. The van der Waals surface area contributed by atoms with Crippen molar-refractivity contribution in [3.63, 3.8) is 0 Å². The minimum absolute atomic E-state index is 0.511. The Kier molecular flexibility index (Phi) is 3.84. The van der Waals surface area contributed by atoms with Crippen LogP contribution in [0.25, 0.3) is 32.7 Å². The predicted molar refractivity (Wildman–Crippen MR) is 103 cm³/mol. The average molecular weight is 300 g/mol. The van der Waals surface area contributed by atoms with Gasteiger partial charge in [0.2, 0.25) is 0 Å². The lowest BCUT2D eigenvalue weighted by molar-refractivity contribution is 1.67. The van der Waals surface area contributed by atoms with Gasteiger partial charge in [-0.2, -0.15) is 0 Å². The van der Waals surface area contributed by atoms with E-state index in [4.69, 9.17) is 25.7 Å². The molecule has 0 fully saturated rings. The Balaban J connectivity index is 2.95. The van der Waals surface area contributed by atoms with Crippen molar-refractivity contribution in [2.24, 2.45) is 0 Å². The molecular weight excluding hydrogens is 288 g/mol. The van der Waals surface area contributed by atoms with Gasteiger partial charge in [-0.1, -0.05) is 72.2 Å². The van der Waals surface area contributed by atoms with E-state index in [9.17, 15) is 0 Å². The highest BCUT2D eigenvalue weighted by Crippen LogP contribution is 2.16. The van der Waals surface area contributed by atoms with Crippen molar-refractivity contribution in [3.05, 3.63) is 59.0 Å². The molecule has 0 heterocycles. The van der Waals surface area contributed by atoms with Crippen molar-refractivity contribution in [2.75, 3.05) is 0 Å². The third-order valence-electron chi connectivity index (χ3n) is 4.01. The summed E-state index contributed by atoms with van der Waals surface area (Å²) >= 11 is 0. The van der Waals surface area contributed by atoms with Crippen molar-refractivity contribution in [3.8, 4) is 49.4 Å². The Bertz CT molecular complexity index is 1070. The van der Waals surface area contributed by atoms with Gasteiger partial charge < -0.3 is 0 Å². The maximum absolute atomic E-state index is 5.65. The van der Waals surface area contributed by atoms with E-state index in [1.165, 1.54) is 0 Å².